The van der Waals surface area contributed by atoms with Gasteiger partial charge in [0.2, 0.25) is 0 Å². The number of rotatable bonds is 11. The predicted molar refractivity (Wildman–Crippen MR) is 156 cm³/mol. The third-order valence-electron chi connectivity index (χ3n) is 6.83. The van der Waals surface area contributed by atoms with Crippen LogP contribution in [0.3, 0.4) is 0 Å². The first-order valence-corrected chi connectivity index (χ1v) is 13.9. The first-order valence-electron chi connectivity index (χ1n) is 13.9. The summed E-state index contributed by atoms with van der Waals surface area (Å²) in [5.74, 6) is -0.0802. The van der Waals surface area contributed by atoms with Gasteiger partial charge in [0, 0.05) is 29.4 Å². The van der Waals surface area contributed by atoms with Gasteiger partial charge in [-0.05, 0) is 67.3 Å². The number of nitrogens with zero attached hydrogens (tertiary/aromatic N) is 4. The molecule has 0 atom stereocenters. The van der Waals surface area contributed by atoms with Crippen LogP contribution in [0.2, 0.25) is 0 Å². The van der Waals surface area contributed by atoms with Gasteiger partial charge in [0.15, 0.2) is 0 Å². The molecule has 1 aliphatic heterocycles. The van der Waals surface area contributed by atoms with Gasteiger partial charge in [0.1, 0.15) is 17.4 Å². The number of hydrogen-bond donors (Lipinski definition) is 0. The Morgan fingerprint density at radius 2 is 1.73 bits per heavy atom. The molecular weight excluding hydrogens is 500 g/mol. The van der Waals surface area contributed by atoms with Crippen molar-refractivity contribution in [1.29, 1.82) is 5.26 Å². The summed E-state index contributed by atoms with van der Waals surface area (Å²) in [7, 11) is 0. The van der Waals surface area contributed by atoms with Gasteiger partial charge in [0.25, 0.3) is 11.8 Å². The first-order chi connectivity index (χ1) is 19.3. The Balaban J connectivity index is 1.75. The van der Waals surface area contributed by atoms with Crippen molar-refractivity contribution in [3.05, 3.63) is 83.1 Å². The molecule has 0 radical (unpaired) electrons. The van der Waals surface area contributed by atoms with Crippen LogP contribution >= 0.6 is 0 Å². The number of unbranched alkanes of at least 4 members (excludes halogenated alkanes) is 3. The third kappa shape index (κ3) is 6.40. The maximum Gasteiger partial charge on any atom is 0.271 e. The second-order valence-corrected chi connectivity index (χ2v) is 10.4. The van der Waals surface area contributed by atoms with Gasteiger partial charge in [-0.1, -0.05) is 58.2 Å². The van der Waals surface area contributed by atoms with E-state index < -0.39 is 11.8 Å². The van der Waals surface area contributed by atoms with Crippen molar-refractivity contribution in [3.8, 4) is 28.8 Å². The molecule has 3 aromatic rings. The van der Waals surface area contributed by atoms with E-state index in [2.05, 4.69) is 6.92 Å². The average Bonchev–Trinajstić information content (AvgIpc) is 3.38. The number of aromatic nitrogens is 2. The SMILES string of the molecule is CCCCCCOc1ccc(-c2nn(-c3ccccc3)cc2/C=C2/C(=O)N(CC(C)C)C(=O)C(C#N)=C2C)cc1. The number of carbonyl (C=O) groups is 2. The number of nitriles is 1. The van der Waals surface area contributed by atoms with Gasteiger partial charge < -0.3 is 4.74 Å². The Labute approximate surface area is 236 Å². The molecule has 7 heteroatoms. The third-order valence-corrected chi connectivity index (χ3v) is 6.83. The molecule has 0 fully saturated rings. The topological polar surface area (TPSA) is 88.2 Å². The van der Waals surface area contributed by atoms with E-state index in [1.165, 1.54) is 17.7 Å². The van der Waals surface area contributed by atoms with Crippen LogP contribution in [-0.2, 0) is 9.59 Å². The Kier molecular flexibility index (Phi) is 9.34. The number of hydrogen-bond acceptors (Lipinski definition) is 5. The number of benzene rings is 2. The molecule has 0 spiro atoms. The summed E-state index contributed by atoms with van der Waals surface area (Å²) in [4.78, 5) is 27.6. The number of para-hydroxylation sites is 1. The van der Waals surface area contributed by atoms with Crippen LogP contribution in [0.5, 0.6) is 5.75 Å². The fourth-order valence-electron chi connectivity index (χ4n) is 4.67. The molecule has 1 aromatic heterocycles. The zero-order chi connectivity index (χ0) is 28.6. The molecule has 2 aromatic carbocycles. The van der Waals surface area contributed by atoms with Crippen LogP contribution in [0.4, 0.5) is 0 Å². The van der Waals surface area contributed by atoms with Gasteiger partial charge in [-0.25, -0.2) is 4.68 Å². The summed E-state index contributed by atoms with van der Waals surface area (Å²) < 4.78 is 7.69. The summed E-state index contributed by atoms with van der Waals surface area (Å²) in [6, 6.07) is 19.5. The number of amides is 2. The van der Waals surface area contributed by atoms with E-state index in [9.17, 15) is 14.9 Å². The van der Waals surface area contributed by atoms with E-state index >= 15 is 0 Å². The first kappa shape index (κ1) is 28.6. The van der Waals surface area contributed by atoms with Gasteiger partial charge in [0.05, 0.1) is 18.0 Å². The second-order valence-electron chi connectivity index (χ2n) is 10.4. The lowest BCUT2D eigenvalue weighted by Crippen LogP contribution is -2.44. The quantitative estimate of drug-likeness (QED) is 0.154. The average molecular weight is 537 g/mol. The van der Waals surface area contributed by atoms with Gasteiger partial charge >= 0.3 is 0 Å². The molecule has 206 valence electrons. The van der Waals surface area contributed by atoms with E-state index in [4.69, 9.17) is 9.84 Å². The fraction of sp³-hybridized carbons (Fsp3) is 0.333. The second kappa shape index (κ2) is 13.1. The summed E-state index contributed by atoms with van der Waals surface area (Å²) in [6.45, 7) is 8.63. The highest BCUT2D eigenvalue weighted by atomic mass is 16.5. The van der Waals surface area contributed by atoms with Crippen molar-refractivity contribution in [1.82, 2.24) is 14.7 Å². The summed E-state index contributed by atoms with van der Waals surface area (Å²) in [5, 5.41) is 14.6. The predicted octanol–water partition coefficient (Wildman–Crippen LogP) is 6.75. The van der Waals surface area contributed by atoms with Crippen molar-refractivity contribution in [2.75, 3.05) is 13.2 Å². The maximum absolute atomic E-state index is 13.5. The zero-order valence-electron chi connectivity index (χ0n) is 23.7. The molecule has 0 unspecified atom stereocenters. The van der Waals surface area contributed by atoms with Crippen LogP contribution in [0, 0.1) is 17.2 Å². The minimum Gasteiger partial charge on any atom is -0.494 e. The molecule has 2 heterocycles. The highest BCUT2D eigenvalue weighted by Crippen LogP contribution is 2.32. The smallest absolute Gasteiger partial charge is 0.271 e. The number of ether oxygens (including phenoxy) is 1. The number of carbonyl (C=O) groups excluding carboxylic acids is 2. The molecule has 0 saturated carbocycles. The Hall–Kier alpha value is -4.44. The molecule has 2 amide bonds. The van der Waals surface area contributed by atoms with Crippen molar-refractivity contribution >= 4 is 17.9 Å². The van der Waals surface area contributed by atoms with Crippen molar-refractivity contribution in [2.24, 2.45) is 5.92 Å². The van der Waals surface area contributed by atoms with Crippen molar-refractivity contribution < 1.29 is 14.3 Å². The van der Waals surface area contributed by atoms with Crippen LogP contribution in [-0.4, -0.2) is 39.6 Å². The highest BCUT2D eigenvalue weighted by Gasteiger charge is 2.36. The lowest BCUT2D eigenvalue weighted by Gasteiger charge is -2.28. The molecule has 7 nitrogen and oxygen atoms in total. The zero-order valence-corrected chi connectivity index (χ0v) is 23.7. The monoisotopic (exact) mass is 536 g/mol. The van der Waals surface area contributed by atoms with Gasteiger partial charge in [-0.2, -0.15) is 10.4 Å². The Morgan fingerprint density at radius 3 is 2.38 bits per heavy atom. The van der Waals surface area contributed by atoms with Crippen molar-refractivity contribution in [3.63, 3.8) is 0 Å². The van der Waals surface area contributed by atoms with E-state index in [1.54, 1.807) is 17.7 Å². The molecule has 4 rings (SSSR count). The van der Waals surface area contributed by atoms with E-state index in [1.807, 2.05) is 80.7 Å². The van der Waals surface area contributed by atoms with Gasteiger partial charge in [-0.15, -0.1) is 0 Å². The Morgan fingerprint density at radius 1 is 1.00 bits per heavy atom. The summed E-state index contributed by atoms with van der Waals surface area (Å²) in [5.41, 5.74) is 3.80. The number of imide groups is 1. The lowest BCUT2D eigenvalue weighted by molar-refractivity contribution is -0.141. The van der Waals surface area contributed by atoms with Crippen LogP contribution in [0.25, 0.3) is 23.0 Å². The molecule has 40 heavy (non-hydrogen) atoms. The molecule has 1 aliphatic rings. The van der Waals surface area contributed by atoms with Gasteiger partial charge in [-0.3, -0.25) is 14.5 Å². The summed E-state index contributed by atoms with van der Waals surface area (Å²) in [6.07, 6.45) is 8.19. The minimum absolute atomic E-state index is 0.0102. The minimum atomic E-state index is -0.540. The van der Waals surface area contributed by atoms with Crippen LogP contribution in [0.1, 0.15) is 58.9 Å². The van der Waals surface area contributed by atoms with Crippen LogP contribution in [0.15, 0.2) is 77.5 Å². The van der Waals surface area contributed by atoms with E-state index in [-0.39, 0.29) is 18.0 Å². The summed E-state index contributed by atoms with van der Waals surface area (Å²) >= 11 is 0. The Bertz CT molecular complexity index is 1460. The molecule has 0 bridgehead atoms. The normalized spacial score (nSPS) is 14.8. The molecular formula is C33H36N4O3. The fourth-order valence-corrected chi connectivity index (χ4v) is 4.67. The van der Waals surface area contributed by atoms with Crippen molar-refractivity contribution in [2.45, 2.75) is 53.4 Å². The highest BCUT2D eigenvalue weighted by molar-refractivity contribution is 6.19. The van der Waals surface area contributed by atoms with E-state index in [0.717, 1.165) is 29.8 Å². The maximum atomic E-state index is 13.5. The molecule has 0 N–H and O–H groups in total. The van der Waals surface area contributed by atoms with E-state index in [0.29, 0.717) is 29.0 Å². The van der Waals surface area contributed by atoms with Crippen LogP contribution < -0.4 is 4.74 Å². The lowest BCUT2D eigenvalue weighted by atomic mass is 9.92. The molecule has 0 aliphatic carbocycles. The standard InChI is InChI=1S/C33H36N4O3/c1-5-6-7-11-18-40-28-16-14-25(15-17-28)31-26(22-37(35-31)27-12-9-8-10-13-27)19-29-24(4)30(20-34)33(39)36(32(29)38)21-23(2)3/h8-10,12-17,19,22-23H,5-7,11,18,21H2,1-4H3/b29-19+. The molecule has 0 saturated heterocycles. The largest absolute Gasteiger partial charge is 0.494 e.